The fraction of sp³-hybridized carbons (Fsp3) is 0.812. The standard InChI is InChI=1S/C16H24N4O/c21-16(17-10-11-4-2-1-3-5-11)13-8-9-14-18-19-15(20(13)14)12-6-7-12/h11-13H,1-10H2,(H,17,21). The molecule has 5 nitrogen and oxygen atoms in total. The molecule has 1 aromatic heterocycles. The molecule has 21 heavy (non-hydrogen) atoms. The first-order chi connectivity index (χ1) is 10.3. The first-order valence-electron chi connectivity index (χ1n) is 8.54. The topological polar surface area (TPSA) is 59.8 Å². The molecule has 2 aliphatic carbocycles. The van der Waals surface area contributed by atoms with Gasteiger partial charge in [-0.2, -0.15) is 0 Å². The van der Waals surface area contributed by atoms with Crippen molar-refractivity contribution in [2.24, 2.45) is 5.92 Å². The summed E-state index contributed by atoms with van der Waals surface area (Å²) in [6.45, 7) is 0.853. The smallest absolute Gasteiger partial charge is 0.243 e. The second-order valence-corrected chi connectivity index (χ2v) is 6.92. The van der Waals surface area contributed by atoms with Gasteiger partial charge >= 0.3 is 0 Å². The quantitative estimate of drug-likeness (QED) is 0.925. The number of aromatic nitrogens is 3. The number of carbonyl (C=O) groups excluding carboxylic acids is 1. The van der Waals surface area contributed by atoms with Gasteiger partial charge in [-0.25, -0.2) is 0 Å². The van der Waals surface area contributed by atoms with Crippen molar-refractivity contribution in [1.82, 2.24) is 20.1 Å². The molecule has 1 aromatic rings. The summed E-state index contributed by atoms with van der Waals surface area (Å²) in [5.74, 6) is 3.49. The van der Waals surface area contributed by atoms with Gasteiger partial charge in [-0.05, 0) is 38.0 Å². The third-order valence-corrected chi connectivity index (χ3v) is 5.28. The Labute approximate surface area is 125 Å². The van der Waals surface area contributed by atoms with Gasteiger partial charge in [0.1, 0.15) is 17.7 Å². The largest absolute Gasteiger partial charge is 0.354 e. The van der Waals surface area contributed by atoms with Crippen LogP contribution in [0.1, 0.15) is 75.0 Å². The van der Waals surface area contributed by atoms with Crippen molar-refractivity contribution in [3.8, 4) is 0 Å². The lowest BCUT2D eigenvalue weighted by molar-refractivity contribution is -0.124. The minimum Gasteiger partial charge on any atom is -0.354 e. The highest BCUT2D eigenvalue weighted by Crippen LogP contribution is 2.42. The average molecular weight is 288 g/mol. The lowest BCUT2D eigenvalue weighted by atomic mass is 9.89. The molecular formula is C16H24N4O. The zero-order valence-corrected chi connectivity index (χ0v) is 12.6. The van der Waals surface area contributed by atoms with E-state index in [1.54, 1.807) is 0 Å². The lowest BCUT2D eigenvalue weighted by Crippen LogP contribution is -2.35. The molecule has 1 aliphatic heterocycles. The third kappa shape index (κ3) is 2.58. The monoisotopic (exact) mass is 288 g/mol. The van der Waals surface area contributed by atoms with Gasteiger partial charge in [-0.3, -0.25) is 4.79 Å². The molecule has 4 rings (SSSR count). The van der Waals surface area contributed by atoms with Crippen LogP contribution in [0.4, 0.5) is 0 Å². The number of aryl methyl sites for hydroxylation is 1. The van der Waals surface area contributed by atoms with Crippen molar-refractivity contribution < 1.29 is 4.79 Å². The Kier molecular flexibility index (Phi) is 3.43. The van der Waals surface area contributed by atoms with Crippen LogP contribution in [0.3, 0.4) is 0 Å². The first kappa shape index (κ1) is 13.3. The van der Waals surface area contributed by atoms with Crippen LogP contribution in [0.25, 0.3) is 0 Å². The number of hydrogen-bond acceptors (Lipinski definition) is 3. The molecule has 1 amide bonds. The van der Waals surface area contributed by atoms with Crippen molar-refractivity contribution in [2.45, 2.75) is 69.7 Å². The maximum absolute atomic E-state index is 12.6. The fourth-order valence-corrected chi connectivity index (χ4v) is 3.86. The average Bonchev–Trinajstić information content (AvgIpc) is 3.13. The molecule has 0 spiro atoms. The van der Waals surface area contributed by atoms with E-state index in [-0.39, 0.29) is 11.9 Å². The van der Waals surface area contributed by atoms with Crippen LogP contribution < -0.4 is 5.32 Å². The maximum atomic E-state index is 12.6. The normalized spacial score (nSPS) is 25.8. The van der Waals surface area contributed by atoms with E-state index < -0.39 is 0 Å². The summed E-state index contributed by atoms with van der Waals surface area (Å²) >= 11 is 0. The van der Waals surface area contributed by atoms with Gasteiger partial charge in [0.2, 0.25) is 5.91 Å². The van der Waals surface area contributed by atoms with Gasteiger partial charge in [-0.1, -0.05) is 19.3 Å². The van der Waals surface area contributed by atoms with Gasteiger partial charge < -0.3 is 9.88 Å². The molecule has 1 unspecified atom stereocenters. The van der Waals surface area contributed by atoms with E-state index in [0.29, 0.717) is 11.8 Å². The van der Waals surface area contributed by atoms with E-state index in [9.17, 15) is 4.79 Å². The lowest BCUT2D eigenvalue weighted by Gasteiger charge is -2.23. The first-order valence-corrected chi connectivity index (χ1v) is 8.54. The molecule has 0 saturated heterocycles. The zero-order chi connectivity index (χ0) is 14.2. The zero-order valence-electron chi connectivity index (χ0n) is 12.6. The molecule has 2 fully saturated rings. The van der Waals surface area contributed by atoms with E-state index in [1.165, 1.54) is 44.9 Å². The van der Waals surface area contributed by atoms with Crippen molar-refractivity contribution in [1.29, 1.82) is 0 Å². The Hall–Kier alpha value is -1.39. The van der Waals surface area contributed by atoms with Crippen LogP contribution in [-0.4, -0.2) is 27.2 Å². The number of hydrogen-bond donors (Lipinski definition) is 1. The Balaban J connectivity index is 1.41. The number of rotatable bonds is 4. The molecular weight excluding hydrogens is 264 g/mol. The second-order valence-electron chi connectivity index (χ2n) is 6.92. The summed E-state index contributed by atoms with van der Waals surface area (Å²) < 4.78 is 2.13. The third-order valence-electron chi connectivity index (χ3n) is 5.28. The Morgan fingerprint density at radius 1 is 1.10 bits per heavy atom. The summed E-state index contributed by atoms with van der Waals surface area (Å²) in [6.07, 6.45) is 10.7. The van der Waals surface area contributed by atoms with Crippen LogP contribution in [0.2, 0.25) is 0 Å². The number of nitrogens with zero attached hydrogens (tertiary/aromatic N) is 3. The summed E-state index contributed by atoms with van der Waals surface area (Å²) in [4.78, 5) is 12.6. The van der Waals surface area contributed by atoms with Gasteiger partial charge in [0.15, 0.2) is 0 Å². The van der Waals surface area contributed by atoms with Crippen LogP contribution in [-0.2, 0) is 11.2 Å². The molecule has 0 radical (unpaired) electrons. The van der Waals surface area contributed by atoms with Crippen molar-refractivity contribution in [2.75, 3.05) is 6.54 Å². The minimum atomic E-state index is -0.0609. The Morgan fingerprint density at radius 2 is 1.90 bits per heavy atom. The Morgan fingerprint density at radius 3 is 2.67 bits per heavy atom. The molecule has 5 heteroatoms. The van der Waals surface area contributed by atoms with Crippen molar-refractivity contribution in [3.63, 3.8) is 0 Å². The molecule has 3 aliphatic rings. The molecule has 0 aromatic carbocycles. The second kappa shape index (κ2) is 5.43. The summed E-state index contributed by atoms with van der Waals surface area (Å²) in [7, 11) is 0. The van der Waals surface area contributed by atoms with E-state index in [0.717, 1.165) is 31.0 Å². The van der Waals surface area contributed by atoms with Crippen molar-refractivity contribution in [3.05, 3.63) is 11.6 Å². The highest BCUT2D eigenvalue weighted by Gasteiger charge is 2.37. The van der Waals surface area contributed by atoms with Crippen molar-refractivity contribution >= 4 is 5.91 Å². The predicted molar refractivity (Wildman–Crippen MR) is 78.9 cm³/mol. The molecule has 1 atom stereocenters. The van der Waals surface area contributed by atoms with Crippen LogP contribution in [0.15, 0.2) is 0 Å². The fourth-order valence-electron chi connectivity index (χ4n) is 3.86. The number of nitrogens with one attached hydrogen (secondary N) is 1. The van der Waals surface area contributed by atoms with E-state index in [1.807, 2.05) is 0 Å². The van der Waals surface area contributed by atoms with Gasteiger partial charge in [-0.15, -0.1) is 10.2 Å². The number of amides is 1. The number of carbonyl (C=O) groups is 1. The summed E-state index contributed by atoms with van der Waals surface area (Å²) in [5, 5.41) is 11.8. The molecule has 0 bridgehead atoms. The van der Waals surface area contributed by atoms with Gasteiger partial charge in [0, 0.05) is 18.9 Å². The predicted octanol–water partition coefficient (Wildman–Crippen LogP) is 2.34. The number of fused-ring (bicyclic) bond motifs is 1. The molecule has 2 heterocycles. The summed E-state index contributed by atoms with van der Waals surface area (Å²) in [6, 6.07) is -0.0609. The van der Waals surface area contributed by atoms with E-state index in [4.69, 9.17) is 0 Å². The highest BCUT2D eigenvalue weighted by molar-refractivity contribution is 5.80. The Bertz CT molecular complexity index is 528. The van der Waals surface area contributed by atoms with Crippen LogP contribution in [0.5, 0.6) is 0 Å². The van der Waals surface area contributed by atoms with Gasteiger partial charge in [0.05, 0.1) is 0 Å². The SMILES string of the molecule is O=C(NCC1CCCCC1)C1CCc2nnc(C3CC3)n21. The van der Waals surface area contributed by atoms with Crippen LogP contribution >= 0.6 is 0 Å². The van der Waals surface area contributed by atoms with E-state index in [2.05, 4.69) is 20.1 Å². The molecule has 2 saturated carbocycles. The maximum Gasteiger partial charge on any atom is 0.243 e. The van der Waals surface area contributed by atoms with E-state index >= 15 is 0 Å². The van der Waals surface area contributed by atoms with Crippen LogP contribution in [0, 0.1) is 5.92 Å². The summed E-state index contributed by atoms with van der Waals surface area (Å²) in [5.41, 5.74) is 0. The highest BCUT2D eigenvalue weighted by atomic mass is 16.2. The minimum absolute atomic E-state index is 0.0609. The van der Waals surface area contributed by atoms with Gasteiger partial charge in [0.25, 0.3) is 0 Å². The molecule has 1 N–H and O–H groups in total. The molecule has 114 valence electrons.